The number of nitrogen functional groups attached to an aromatic ring is 1. The van der Waals surface area contributed by atoms with Gasteiger partial charge in [-0.1, -0.05) is 15.9 Å². The summed E-state index contributed by atoms with van der Waals surface area (Å²) in [6, 6.07) is 3.21. The number of rotatable bonds is 2. The Morgan fingerprint density at radius 1 is 1.64 bits per heavy atom. The molecule has 0 bridgehead atoms. The number of hydrogen-bond acceptors (Lipinski definition) is 4. The van der Waals surface area contributed by atoms with Crippen LogP contribution >= 0.6 is 15.9 Å². The molecule has 0 fully saturated rings. The van der Waals surface area contributed by atoms with Crippen molar-refractivity contribution in [1.29, 1.82) is 5.41 Å². The van der Waals surface area contributed by atoms with E-state index in [-0.39, 0.29) is 11.3 Å². The zero-order chi connectivity index (χ0) is 10.7. The number of nitrogens with two attached hydrogens (primary N) is 1. The van der Waals surface area contributed by atoms with Gasteiger partial charge >= 0.3 is 5.97 Å². The molecule has 0 unspecified atom stereocenters. The highest BCUT2D eigenvalue weighted by molar-refractivity contribution is 9.10. The molecule has 0 heterocycles. The largest absolute Gasteiger partial charge is 0.465 e. The molecule has 0 radical (unpaired) electrons. The molecular weight excluding hydrogens is 248 g/mol. The van der Waals surface area contributed by atoms with E-state index in [9.17, 15) is 4.79 Å². The Bertz CT molecular complexity index is 391. The Kier molecular flexibility index (Phi) is 3.24. The summed E-state index contributed by atoms with van der Waals surface area (Å²) in [7, 11) is 1.29. The minimum atomic E-state index is -0.502. The molecule has 14 heavy (non-hydrogen) atoms. The van der Waals surface area contributed by atoms with Crippen LogP contribution in [0.2, 0.25) is 0 Å². The van der Waals surface area contributed by atoms with Crippen LogP contribution in [0.25, 0.3) is 0 Å². The van der Waals surface area contributed by atoms with Gasteiger partial charge < -0.3 is 15.9 Å². The lowest BCUT2D eigenvalue weighted by molar-refractivity contribution is 0.0602. The standard InChI is InChI=1S/C9H9BrN2O2/c1-14-9(13)5-2-3-7(10)6(4-11)8(5)12/h2-4,11H,12H2,1H3. The van der Waals surface area contributed by atoms with Crippen LogP contribution in [0.15, 0.2) is 16.6 Å². The number of hydrogen-bond donors (Lipinski definition) is 2. The lowest BCUT2D eigenvalue weighted by Gasteiger charge is -2.07. The predicted octanol–water partition coefficient (Wildman–Crippen LogP) is 1.82. The average molecular weight is 257 g/mol. The molecule has 0 amide bonds. The van der Waals surface area contributed by atoms with Gasteiger partial charge in [-0.25, -0.2) is 4.79 Å². The molecule has 0 atom stereocenters. The molecular formula is C9H9BrN2O2. The van der Waals surface area contributed by atoms with Crippen LogP contribution in [0.4, 0.5) is 5.69 Å². The van der Waals surface area contributed by atoms with Gasteiger partial charge in [0.2, 0.25) is 0 Å². The Labute approximate surface area is 89.7 Å². The third kappa shape index (κ3) is 1.77. The zero-order valence-corrected chi connectivity index (χ0v) is 9.09. The summed E-state index contributed by atoms with van der Waals surface area (Å²) in [5.41, 5.74) is 6.69. The molecule has 0 aliphatic carbocycles. The first kappa shape index (κ1) is 10.7. The number of carbonyl (C=O) groups excluding carboxylic acids is 1. The first-order valence-electron chi connectivity index (χ1n) is 3.78. The van der Waals surface area contributed by atoms with Gasteiger partial charge in [-0.05, 0) is 12.1 Å². The minimum Gasteiger partial charge on any atom is -0.465 e. The molecule has 3 N–H and O–H groups in total. The van der Waals surface area contributed by atoms with Crippen LogP contribution in [0.5, 0.6) is 0 Å². The van der Waals surface area contributed by atoms with Crippen molar-refractivity contribution in [3.8, 4) is 0 Å². The van der Waals surface area contributed by atoms with Gasteiger partial charge in [0, 0.05) is 16.3 Å². The predicted molar refractivity (Wildman–Crippen MR) is 57.8 cm³/mol. The molecule has 0 spiro atoms. The van der Waals surface area contributed by atoms with Crippen molar-refractivity contribution in [3.63, 3.8) is 0 Å². The molecule has 1 rings (SSSR count). The summed E-state index contributed by atoms with van der Waals surface area (Å²) < 4.78 is 5.23. The summed E-state index contributed by atoms with van der Waals surface area (Å²) in [5.74, 6) is -0.502. The maximum atomic E-state index is 11.2. The lowest BCUT2D eigenvalue weighted by atomic mass is 10.1. The first-order valence-corrected chi connectivity index (χ1v) is 4.58. The van der Waals surface area contributed by atoms with E-state index in [1.807, 2.05) is 0 Å². The van der Waals surface area contributed by atoms with Gasteiger partial charge in [-0.3, -0.25) is 0 Å². The van der Waals surface area contributed by atoms with Crippen molar-refractivity contribution in [2.75, 3.05) is 12.8 Å². The number of nitrogens with one attached hydrogen (secondary N) is 1. The number of halogens is 1. The molecule has 1 aromatic carbocycles. The first-order chi connectivity index (χ1) is 6.61. The topological polar surface area (TPSA) is 76.2 Å². The van der Waals surface area contributed by atoms with Crippen LogP contribution in [0.3, 0.4) is 0 Å². The van der Waals surface area contributed by atoms with E-state index < -0.39 is 5.97 Å². The normalized spacial score (nSPS) is 9.57. The van der Waals surface area contributed by atoms with Gasteiger partial charge in [0.1, 0.15) is 0 Å². The van der Waals surface area contributed by atoms with Crippen molar-refractivity contribution < 1.29 is 9.53 Å². The van der Waals surface area contributed by atoms with E-state index in [4.69, 9.17) is 11.1 Å². The SMILES string of the molecule is COC(=O)c1ccc(Br)c(C=N)c1N. The van der Waals surface area contributed by atoms with E-state index in [0.29, 0.717) is 10.0 Å². The molecule has 0 aromatic heterocycles. The van der Waals surface area contributed by atoms with Gasteiger partial charge in [0.05, 0.1) is 18.4 Å². The van der Waals surface area contributed by atoms with Crippen molar-refractivity contribution in [1.82, 2.24) is 0 Å². The summed E-state index contributed by atoms with van der Waals surface area (Å²) in [4.78, 5) is 11.2. The number of ether oxygens (including phenoxy) is 1. The van der Waals surface area contributed by atoms with E-state index in [1.165, 1.54) is 7.11 Å². The molecule has 0 saturated carbocycles. The van der Waals surface area contributed by atoms with Gasteiger partial charge in [-0.15, -0.1) is 0 Å². The highest BCUT2D eigenvalue weighted by atomic mass is 79.9. The Morgan fingerprint density at radius 3 is 2.79 bits per heavy atom. The number of carbonyl (C=O) groups is 1. The number of esters is 1. The van der Waals surface area contributed by atoms with Crippen LogP contribution in [0, 0.1) is 5.41 Å². The van der Waals surface area contributed by atoms with E-state index >= 15 is 0 Å². The highest BCUT2D eigenvalue weighted by Gasteiger charge is 2.13. The molecule has 74 valence electrons. The second-order valence-electron chi connectivity index (χ2n) is 2.56. The van der Waals surface area contributed by atoms with Gasteiger partial charge in [0.25, 0.3) is 0 Å². The van der Waals surface area contributed by atoms with Gasteiger partial charge in [0.15, 0.2) is 0 Å². The highest BCUT2D eigenvalue weighted by Crippen LogP contribution is 2.24. The van der Waals surface area contributed by atoms with E-state index in [0.717, 1.165) is 6.21 Å². The lowest BCUT2D eigenvalue weighted by Crippen LogP contribution is -2.08. The molecule has 0 aliphatic rings. The molecule has 4 nitrogen and oxygen atoms in total. The number of anilines is 1. The Hall–Kier alpha value is -1.36. The number of methoxy groups -OCH3 is 1. The van der Waals surface area contributed by atoms with Crippen molar-refractivity contribution >= 4 is 33.8 Å². The number of benzene rings is 1. The average Bonchev–Trinajstić information content (AvgIpc) is 2.18. The quantitative estimate of drug-likeness (QED) is 0.482. The Balaban J connectivity index is 3.35. The summed E-state index contributed by atoms with van der Waals surface area (Å²) in [6.07, 6.45) is 1.09. The molecule has 0 aliphatic heterocycles. The minimum absolute atomic E-state index is 0.251. The molecule has 5 heteroatoms. The fourth-order valence-electron chi connectivity index (χ4n) is 1.04. The van der Waals surface area contributed by atoms with E-state index in [2.05, 4.69) is 20.7 Å². The smallest absolute Gasteiger partial charge is 0.339 e. The molecule has 1 aromatic rings. The van der Waals surface area contributed by atoms with Crippen LogP contribution < -0.4 is 5.73 Å². The van der Waals surface area contributed by atoms with Crippen LogP contribution in [-0.4, -0.2) is 19.3 Å². The monoisotopic (exact) mass is 256 g/mol. The van der Waals surface area contributed by atoms with Crippen LogP contribution in [0.1, 0.15) is 15.9 Å². The van der Waals surface area contributed by atoms with Crippen molar-refractivity contribution in [2.45, 2.75) is 0 Å². The van der Waals surface area contributed by atoms with E-state index in [1.54, 1.807) is 12.1 Å². The van der Waals surface area contributed by atoms with Crippen molar-refractivity contribution in [2.24, 2.45) is 0 Å². The molecule has 0 saturated heterocycles. The second kappa shape index (κ2) is 4.23. The summed E-state index contributed by atoms with van der Waals surface area (Å²) in [5, 5.41) is 7.13. The fourth-order valence-corrected chi connectivity index (χ4v) is 1.50. The van der Waals surface area contributed by atoms with Crippen LogP contribution in [-0.2, 0) is 4.74 Å². The third-order valence-corrected chi connectivity index (χ3v) is 2.48. The third-order valence-electron chi connectivity index (χ3n) is 1.78. The summed E-state index contributed by atoms with van der Waals surface area (Å²) in [6.45, 7) is 0. The maximum absolute atomic E-state index is 11.2. The fraction of sp³-hybridized carbons (Fsp3) is 0.111. The Morgan fingerprint density at radius 2 is 2.29 bits per heavy atom. The second-order valence-corrected chi connectivity index (χ2v) is 3.41. The zero-order valence-electron chi connectivity index (χ0n) is 7.50. The van der Waals surface area contributed by atoms with Crippen molar-refractivity contribution in [3.05, 3.63) is 27.7 Å². The summed E-state index contributed by atoms with van der Waals surface area (Å²) >= 11 is 3.23. The maximum Gasteiger partial charge on any atom is 0.339 e. The van der Waals surface area contributed by atoms with Gasteiger partial charge in [-0.2, -0.15) is 0 Å².